The van der Waals surface area contributed by atoms with Gasteiger partial charge in [-0.05, 0) is 65.7 Å². The van der Waals surface area contributed by atoms with Gasteiger partial charge in [0, 0.05) is 44.2 Å². The van der Waals surface area contributed by atoms with Gasteiger partial charge in [0.1, 0.15) is 0 Å². The summed E-state index contributed by atoms with van der Waals surface area (Å²) in [5.41, 5.74) is 6.59. The molecule has 69 heavy (non-hydrogen) atoms. The lowest BCUT2D eigenvalue weighted by Gasteiger charge is -2.18. The summed E-state index contributed by atoms with van der Waals surface area (Å²) >= 11 is 0. The van der Waals surface area contributed by atoms with Crippen LogP contribution in [0.3, 0.4) is 0 Å². The average Bonchev–Trinajstić information content (AvgIpc) is 3.72. The number of aromatic nitrogens is 5. The van der Waals surface area contributed by atoms with E-state index < -0.39 is 23.5 Å². The molecule has 0 radical (unpaired) electrons. The van der Waals surface area contributed by atoms with Gasteiger partial charge in [0.25, 0.3) is 0 Å². The molecule has 3 heterocycles. The highest BCUT2D eigenvalue weighted by Gasteiger charge is 2.38. The van der Waals surface area contributed by atoms with Gasteiger partial charge in [-0.3, -0.25) is 0 Å². The van der Waals surface area contributed by atoms with Gasteiger partial charge in [-0.2, -0.15) is 26.3 Å². The number of fused-ring (bicyclic) bond motifs is 3. The molecule has 0 bridgehead atoms. The number of hydrogen-bond donors (Lipinski definition) is 0. The molecule has 0 unspecified atom stereocenters. The van der Waals surface area contributed by atoms with Crippen LogP contribution in [-0.2, 0) is 12.4 Å². The van der Waals surface area contributed by atoms with Gasteiger partial charge in [0.15, 0.2) is 11.6 Å². The summed E-state index contributed by atoms with van der Waals surface area (Å²) in [6.45, 7) is 0. The molecule has 0 aliphatic carbocycles. The Morgan fingerprint density at radius 1 is 0.319 bits per heavy atom. The summed E-state index contributed by atoms with van der Waals surface area (Å²) in [4.78, 5) is 20.7. The Morgan fingerprint density at radius 3 is 1.35 bits per heavy atom. The largest absolute Gasteiger partial charge is 0.417 e. The SMILES string of the molecule is FC(F)(F)c1ccc(-c2ccc3c(c2)c2ccccc2n3-c2ccc(-c3cc(-c4ccccc4)nc(-c4ccccc4)n3)cc2-c2nc(-c3ccccc3)cc(-c3ccccc3)n2)c(C(F)(F)F)c1. The van der Waals surface area contributed by atoms with Crippen LogP contribution < -0.4 is 0 Å². The highest BCUT2D eigenvalue weighted by atomic mass is 19.4. The summed E-state index contributed by atoms with van der Waals surface area (Å²) in [5, 5.41) is 1.30. The second-order valence-electron chi connectivity index (χ2n) is 16.5. The van der Waals surface area contributed by atoms with Crippen LogP contribution in [0.15, 0.2) is 212 Å². The third-order valence-electron chi connectivity index (χ3n) is 12.1. The van der Waals surface area contributed by atoms with Crippen molar-refractivity contribution in [3.8, 4) is 84.6 Å². The number of alkyl halides is 6. The molecule has 334 valence electrons. The van der Waals surface area contributed by atoms with Crippen molar-refractivity contribution in [2.24, 2.45) is 0 Å². The molecule has 0 amide bonds. The standard InChI is InChI=1S/C58H35F6N5/c59-57(60,61)42-27-28-43(47(33-42)58(62,63)64)40-25-29-53-45(31-40)44-23-13-14-24-52(44)69(53)54-30-26-41(51-35-48(36-15-5-1-6-16-36)65-55(66-51)39-21-11-4-12-22-39)32-46(54)56-67-49(37-17-7-2-8-18-37)34-50(68-56)38-19-9-3-10-20-38/h1-35H. The Labute approximate surface area is 391 Å². The number of nitrogens with zero attached hydrogens (tertiary/aromatic N) is 5. The predicted molar refractivity (Wildman–Crippen MR) is 260 cm³/mol. The first kappa shape index (κ1) is 42.9. The van der Waals surface area contributed by atoms with Crippen LogP contribution in [0.25, 0.3) is 106 Å². The van der Waals surface area contributed by atoms with Crippen LogP contribution in [0.4, 0.5) is 26.3 Å². The van der Waals surface area contributed by atoms with Crippen LogP contribution in [-0.4, -0.2) is 24.5 Å². The van der Waals surface area contributed by atoms with Crippen molar-refractivity contribution in [1.82, 2.24) is 24.5 Å². The quantitative estimate of drug-likeness (QED) is 0.143. The highest BCUT2D eigenvalue weighted by molar-refractivity contribution is 6.11. The normalized spacial score (nSPS) is 11.9. The molecule has 0 N–H and O–H groups in total. The van der Waals surface area contributed by atoms with Gasteiger partial charge < -0.3 is 4.57 Å². The lowest BCUT2D eigenvalue weighted by atomic mass is 9.95. The monoisotopic (exact) mass is 915 g/mol. The van der Waals surface area contributed by atoms with Gasteiger partial charge in [-0.25, -0.2) is 19.9 Å². The first-order valence-corrected chi connectivity index (χ1v) is 21.9. The minimum absolute atomic E-state index is 0.112. The summed E-state index contributed by atoms with van der Waals surface area (Å²) in [6, 6.07) is 63.2. The second-order valence-corrected chi connectivity index (χ2v) is 16.5. The van der Waals surface area contributed by atoms with E-state index in [9.17, 15) is 26.3 Å². The van der Waals surface area contributed by atoms with E-state index in [2.05, 4.69) is 0 Å². The molecule has 3 aromatic heterocycles. The summed E-state index contributed by atoms with van der Waals surface area (Å²) < 4.78 is 86.9. The van der Waals surface area contributed by atoms with E-state index in [1.807, 2.05) is 180 Å². The van der Waals surface area contributed by atoms with Crippen molar-refractivity contribution in [2.75, 3.05) is 0 Å². The number of hydrogen-bond acceptors (Lipinski definition) is 4. The number of para-hydroxylation sites is 1. The predicted octanol–water partition coefficient (Wildman–Crippen LogP) is 16.1. The van der Waals surface area contributed by atoms with Crippen LogP contribution in [0.5, 0.6) is 0 Å². The Balaban J connectivity index is 1.18. The molecule has 0 saturated heterocycles. The van der Waals surface area contributed by atoms with Crippen LogP contribution in [0, 0.1) is 0 Å². The first-order chi connectivity index (χ1) is 33.5. The summed E-state index contributed by atoms with van der Waals surface area (Å²) in [5.74, 6) is 0.931. The van der Waals surface area contributed by atoms with Crippen molar-refractivity contribution in [1.29, 1.82) is 0 Å². The molecule has 0 spiro atoms. The maximum Gasteiger partial charge on any atom is 0.417 e. The lowest BCUT2D eigenvalue weighted by Crippen LogP contribution is -2.12. The molecule has 0 aliphatic rings. The maximum atomic E-state index is 14.6. The zero-order chi connectivity index (χ0) is 47.3. The topological polar surface area (TPSA) is 56.5 Å². The average molecular weight is 916 g/mol. The van der Waals surface area contributed by atoms with Gasteiger partial charge in [-0.1, -0.05) is 158 Å². The van der Waals surface area contributed by atoms with Crippen molar-refractivity contribution in [3.63, 3.8) is 0 Å². The van der Waals surface area contributed by atoms with Crippen molar-refractivity contribution in [2.45, 2.75) is 12.4 Å². The molecule has 0 saturated carbocycles. The Bertz CT molecular complexity index is 3570. The van der Waals surface area contributed by atoms with E-state index in [0.29, 0.717) is 62.3 Å². The van der Waals surface area contributed by atoms with E-state index in [1.54, 1.807) is 12.1 Å². The second kappa shape index (κ2) is 17.2. The van der Waals surface area contributed by atoms with Crippen LogP contribution >= 0.6 is 0 Å². The Kier molecular flexibility index (Phi) is 10.7. The zero-order valence-electron chi connectivity index (χ0n) is 36.2. The Morgan fingerprint density at radius 2 is 0.797 bits per heavy atom. The molecule has 0 fully saturated rings. The van der Waals surface area contributed by atoms with E-state index >= 15 is 0 Å². The maximum absolute atomic E-state index is 14.6. The van der Waals surface area contributed by atoms with Crippen molar-refractivity contribution >= 4 is 21.8 Å². The van der Waals surface area contributed by atoms with Gasteiger partial charge in [0.2, 0.25) is 0 Å². The molecular formula is C58H35F6N5. The molecule has 5 nitrogen and oxygen atoms in total. The molecule has 11 heteroatoms. The van der Waals surface area contributed by atoms with Crippen molar-refractivity contribution in [3.05, 3.63) is 223 Å². The molecular weight excluding hydrogens is 881 g/mol. The van der Waals surface area contributed by atoms with E-state index in [4.69, 9.17) is 19.9 Å². The lowest BCUT2D eigenvalue weighted by molar-refractivity contribution is -0.142. The van der Waals surface area contributed by atoms with Gasteiger partial charge in [0.05, 0.1) is 50.6 Å². The summed E-state index contributed by atoms with van der Waals surface area (Å²) in [6.07, 6.45) is -10.0. The molecule has 11 aromatic rings. The molecule has 0 aliphatic heterocycles. The molecule has 8 aromatic carbocycles. The molecule has 0 atom stereocenters. The van der Waals surface area contributed by atoms with Gasteiger partial charge >= 0.3 is 12.4 Å². The summed E-state index contributed by atoms with van der Waals surface area (Å²) in [7, 11) is 0. The minimum Gasteiger partial charge on any atom is -0.309 e. The number of rotatable bonds is 8. The fraction of sp³-hybridized carbons (Fsp3) is 0.0345. The van der Waals surface area contributed by atoms with E-state index in [1.165, 1.54) is 6.07 Å². The third kappa shape index (κ3) is 8.28. The smallest absolute Gasteiger partial charge is 0.309 e. The Hall–Kier alpha value is -8.70. The minimum atomic E-state index is -5.06. The van der Waals surface area contributed by atoms with E-state index in [0.717, 1.165) is 45.1 Å². The first-order valence-electron chi connectivity index (χ1n) is 21.9. The fourth-order valence-electron chi connectivity index (χ4n) is 8.83. The van der Waals surface area contributed by atoms with Crippen LogP contribution in [0.1, 0.15) is 11.1 Å². The fourth-order valence-corrected chi connectivity index (χ4v) is 8.83. The highest BCUT2D eigenvalue weighted by Crippen LogP contribution is 2.44. The van der Waals surface area contributed by atoms with Crippen LogP contribution in [0.2, 0.25) is 0 Å². The zero-order valence-corrected chi connectivity index (χ0v) is 36.2. The number of halogens is 6. The van der Waals surface area contributed by atoms with Gasteiger partial charge in [-0.15, -0.1) is 0 Å². The third-order valence-corrected chi connectivity index (χ3v) is 12.1. The van der Waals surface area contributed by atoms with E-state index in [-0.39, 0.29) is 17.2 Å². The van der Waals surface area contributed by atoms with Crippen molar-refractivity contribution < 1.29 is 26.3 Å². The molecule has 11 rings (SSSR count). The number of benzene rings is 8.